The zero-order valence-electron chi connectivity index (χ0n) is 12.2. The lowest BCUT2D eigenvalue weighted by atomic mass is 10.1. The quantitative estimate of drug-likeness (QED) is 0.779. The van der Waals surface area contributed by atoms with Crippen LogP contribution in [-0.4, -0.2) is 41.4 Å². The number of benzene rings is 1. The number of amides is 2. The van der Waals surface area contributed by atoms with Crippen molar-refractivity contribution in [3.63, 3.8) is 0 Å². The van der Waals surface area contributed by atoms with Gasteiger partial charge in [-0.05, 0) is 31.9 Å². The molecule has 21 heavy (non-hydrogen) atoms. The number of aryl methyl sites for hydroxylation is 1. The predicted octanol–water partition coefficient (Wildman–Crippen LogP) is 2.28. The molecule has 1 saturated heterocycles. The van der Waals surface area contributed by atoms with Gasteiger partial charge in [-0.25, -0.2) is 5.06 Å². The maximum Gasteiger partial charge on any atom is 0.266 e. The summed E-state index contributed by atoms with van der Waals surface area (Å²) in [5, 5.41) is 1.34. The van der Waals surface area contributed by atoms with Gasteiger partial charge in [-0.15, -0.1) is 0 Å². The van der Waals surface area contributed by atoms with Crippen LogP contribution in [0.5, 0.6) is 0 Å². The van der Waals surface area contributed by atoms with Crippen molar-refractivity contribution in [3.8, 4) is 0 Å². The molecule has 1 aromatic rings. The average Bonchev–Trinajstić information content (AvgIpc) is 2.99. The van der Waals surface area contributed by atoms with Crippen molar-refractivity contribution in [1.82, 2.24) is 5.06 Å². The number of alkyl halides is 1. The zero-order valence-corrected chi connectivity index (χ0v) is 13.8. The number of carbonyl (C=O) groups excluding carboxylic acids is 2. The summed E-state index contributed by atoms with van der Waals surface area (Å²) in [6, 6.07) is 7.54. The Hall–Kier alpha value is -1.40. The Kier molecular flexibility index (Phi) is 5.36. The van der Waals surface area contributed by atoms with Gasteiger partial charge in [0.2, 0.25) is 5.91 Å². The first kappa shape index (κ1) is 16.0. The summed E-state index contributed by atoms with van der Waals surface area (Å²) in [5.74, 6) is -0.339. The van der Waals surface area contributed by atoms with Crippen molar-refractivity contribution in [1.29, 1.82) is 0 Å². The molecule has 1 fully saturated rings. The normalized spacial score (nSPS) is 15.9. The lowest BCUT2D eigenvalue weighted by molar-refractivity contribution is -0.167. The van der Waals surface area contributed by atoms with Crippen LogP contribution < -0.4 is 4.90 Å². The third-order valence-electron chi connectivity index (χ3n) is 3.34. The number of hydrogen-bond donors (Lipinski definition) is 0. The minimum atomic E-state index is -0.357. The SMILES string of the molecule is Cc1ccccc1N(CC(=O)N1CCCO1)C(=O)C(C)Br. The van der Waals surface area contributed by atoms with Gasteiger partial charge in [-0.3, -0.25) is 14.4 Å². The van der Waals surface area contributed by atoms with Crippen LogP contribution >= 0.6 is 15.9 Å². The molecule has 1 aliphatic heterocycles. The second kappa shape index (κ2) is 7.04. The second-order valence-electron chi connectivity index (χ2n) is 5.01. The van der Waals surface area contributed by atoms with E-state index in [1.165, 1.54) is 9.96 Å². The summed E-state index contributed by atoms with van der Waals surface area (Å²) in [6.07, 6.45) is 0.832. The first-order valence-electron chi connectivity index (χ1n) is 6.95. The molecule has 1 atom stereocenters. The lowest BCUT2D eigenvalue weighted by Gasteiger charge is -2.26. The third-order valence-corrected chi connectivity index (χ3v) is 3.73. The monoisotopic (exact) mass is 354 g/mol. The van der Waals surface area contributed by atoms with E-state index < -0.39 is 0 Å². The summed E-state index contributed by atoms with van der Waals surface area (Å²) >= 11 is 3.29. The molecule has 1 aromatic carbocycles. The number of anilines is 1. The van der Waals surface area contributed by atoms with Gasteiger partial charge in [-0.2, -0.15) is 0 Å². The van der Waals surface area contributed by atoms with Crippen LogP contribution in [0.3, 0.4) is 0 Å². The van der Waals surface area contributed by atoms with E-state index in [1.807, 2.05) is 31.2 Å². The Bertz CT molecular complexity index is 527. The van der Waals surface area contributed by atoms with Crippen molar-refractivity contribution in [2.75, 3.05) is 24.6 Å². The summed E-state index contributed by atoms with van der Waals surface area (Å²) in [6.45, 7) is 4.80. The highest BCUT2D eigenvalue weighted by molar-refractivity contribution is 9.10. The standard InChI is InChI=1S/C15H19BrN2O3/c1-11-6-3-4-7-13(11)17(15(20)12(2)16)10-14(19)18-8-5-9-21-18/h3-4,6-7,12H,5,8-10H2,1-2H3. The van der Waals surface area contributed by atoms with Crippen LogP contribution in [0.15, 0.2) is 24.3 Å². The number of rotatable bonds is 4. The fourth-order valence-electron chi connectivity index (χ4n) is 2.22. The third kappa shape index (κ3) is 3.83. The largest absolute Gasteiger partial charge is 0.302 e. The summed E-state index contributed by atoms with van der Waals surface area (Å²) in [7, 11) is 0. The molecular formula is C15H19BrN2O3. The molecule has 0 aromatic heterocycles. The highest BCUT2D eigenvalue weighted by Gasteiger charge is 2.27. The predicted molar refractivity (Wildman–Crippen MR) is 84.2 cm³/mol. The Balaban J connectivity index is 2.22. The fourth-order valence-corrected chi connectivity index (χ4v) is 2.47. The van der Waals surface area contributed by atoms with Crippen LogP contribution in [-0.2, 0) is 14.4 Å². The van der Waals surface area contributed by atoms with Gasteiger partial charge in [0, 0.05) is 5.69 Å². The molecule has 2 amide bonds. The fraction of sp³-hybridized carbons (Fsp3) is 0.467. The van der Waals surface area contributed by atoms with Gasteiger partial charge >= 0.3 is 0 Å². The van der Waals surface area contributed by atoms with E-state index in [0.717, 1.165) is 17.7 Å². The molecular weight excluding hydrogens is 336 g/mol. The Morgan fingerprint density at radius 1 is 1.43 bits per heavy atom. The molecule has 1 unspecified atom stereocenters. The van der Waals surface area contributed by atoms with Crippen molar-refractivity contribution in [3.05, 3.63) is 29.8 Å². The maximum absolute atomic E-state index is 12.4. The van der Waals surface area contributed by atoms with Gasteiger partial charge in [0.1, 0.15) is 6.54 Å². The average molecular weight is 355 g/mol. The number of nitrogens with zero attached hydrogens (tertiary/aromatic N) is 2. The molecule has 0 radical (unpaired) electrons. The van der Waals surface area contributed by atoms with Crippen LogP contribution in [0.4, 0.5) is 5.69 Å². The van der Waals surface area contributed by atoms with Crippen molar-refractivity contribution >= 4 is 33.4 Å². The molecule has 0 spiro atoms. The molecule has 5 nitrogen and oxygen atoms in total. The van der Waals surface area contributed by atoms with Gasteiger partial charge < -0.3 is 4.90 Å². The van der Waals surface area contributed by atoms with Crippen molar-refractivity contribution in [2.45, 2.75) is 25.1 Å². The van der Waals surface area contributed by atoms with Gasteiger partial charge in [-0.1, -0.05) is 34.1 Å². The van der Waals surface area contributed by atoms with Crippen LogP contribution in [0.2, 0.25) is 0 Å². The highest BCUT2D eigenvalue weighted by Crippen LogP contribution is 2.22. The number of para-hydroxylation sites is 1. The van der Waals surface area contributed by atoms with E-state index in [2.05, 4.69) is 15.9 Å². The van der Waals surface area contributed by atoms with E-state index in [4.69, 9.17) is 4.84 Å². The minimum absolute atomic E-state index is 0.0143. The first-order chi connectivity index (χ1) is 10.0. The molecule has 114 valence electrons. The smallest absolute Gasteiger partial charge is 0.266 e. The number of carbonyl (C=O) groups is 2. The molecule has 0 saturated carbocycles. The molecule has 0 aliphatic carbocycles. The van der Waals surface area contributed by atoms with E-state index in [-0.39, 0.29) is 23.2 Å². The van der Waals surface area contributed by atoms with E-state index >= 15 is 0 Å². The highest BCUT2D eigenvalue weighted by atomic mass is 79.9. The number of halogens is 1. The number of hydrogen-bond acceptors (Lipinski definition) is 3. The molecule has 6 heteroatoms. The second-order valence-corrected chi connectivity index (χ2v) is 6.38. The van der Waals surface area contributed by atoms with Crippen LogP contribution in [0.1, 0.15) is 18.9 Å². The van der Waals surface area contributed by atoms with Gasteiger partial charge in [0.05, 0.1) is 18.0 Å². The number of hydroxylamine groups is 2. The van der Waals surface area contributed by atoms with E-state index in [1.54, 1.807) is 6.92 Å². The molecule has 0 bridgehead atoms. The molecule has 1 heterocycles. The van der Waals surface area contributed by atoms with Gasteiger partial charge in [0.15, 0.2) is 0 Å². The summed E-state index contributed by atoms with van der Waals surface area (Å²) in [4.78, 5) is 31.1. The van der Waals surface area contributed by atoms with E-state index in [0.29, 0.717) is 13.2 Å². The van der Waals surface area contributed by atoms with Crippen molar-refractivity contribution < 1.29 is 14.4 Å². The van der Waals surface area contributed by atoms with E-state index in [9.17, 15) is 9.59 Å². The maximum atomic E-state index is 12.4. The van der Waals surface area contributed by atoms with Crippen LogP contribution in [0, 0.1) is 6.92 Å². The Morgan fingerprint density at radius 3 is 2.71 bits per heavy atom. The zero-order chi connectivity index (χ0) is 15.4. The molecule has 0 N–H and O–H groups in total. The van der Waals surface area contributed by atoms with Gasteiger partial charge in [0.25, 0.3) is 5.91 Å². The van der Waals surface area contributed by atoms with Crippen molar-refractivity contribution in [2.24, 2.45) is 0 Å². The molecule has 2 rings (SSSR count). The lowest BCUT2D eigenvalue weighted by Crippen LogP contribution is -2.44. The Morgan fingerprint density at radius 2 is 2.14 bits per heavy atom. The molecule has 1 aliphatic rings. The van der Waals surface area contributed by atoms with Crippen LogP contribution in [0.25, 0.3) is 0 Å². The minimum Gasteiger partial charge on any atom is -0.302 e. The first-order valence-corrected chi connectivity index (χ1v) is 7.86. The topological polar surface area (TPSA) is 49.9 Å². The Labute approximate surface area is 132 Å². The summed E-state index contributed by atoms with van der Waals surface area (Å²) < 4.78 is 0. The summed E-state index contributed by atoms with van der Waals surface area (Å²) in [5.41, 5.74) is 1.70.